The largest absolute Gasteiger partial charge is 0.467 e. The van der Waals surface area contributed by atoms with Crippen molar-refractivity contribution in [2.45, 2.75) is 6.04 Å². The van der Waals surface area contributed by atoms with E-state index in [0.29, 0.717) is 10.7 Å². The van der Waals surface area contributed by atoms with Crippen molar-refractivity contribution in [2.75, 3.05) is 12.4 Å². The molecular formula is C13H11BrClNO2S. The van der Waals surface area contributed by atoms with Crippen molar-refractivity contribution in [1.82, 2.24) is 0 Å². The first-order chi connectivity index (χ1) is 9.11. The molecule has 100 valence electrons. The van der Waals surface area contributed by atoms with Crippen LogP contribution >= 0.6 is 38.9 Å². The van der Waals surface area contributed by atoms with Gasteiger partial charge < -0.3 is 10.1 Å². The van der Waals surface area contributed by atoms with Gasteiger partial charge in [0.05, 0.1) is 17.8 Å². The van der Waals surface area contributed by atoms with Gasteiger partial charge in [-0.15, -0.1) is 11.3 Å². The zero-order chi connectivity index (χ0) is 13.8. The molecule has 0 aliphatic rings. The second kappa shape index (κ2) is 6.41. The summed E-state index contributed by atoms with van der Waals surface area (Å²) in [4.78, 5) is 12.8. The van der Waals surface area contributed by atoms with Crippen LogP contribution in [0.2, 0.25) is 5.02 Å². The van der Waals surface area contributed by atoms with Gasteiger partial charge in [0.25, 0.3) is 0 Å². The molecule has 0 saturated heterocycles. The lowest BCUT2D eigenvalue weighted by molar-refractivity contribution is -0.141. The number of carbonyl (C=O) groups is 1. The third-order valence-corrected chi connectivity index (χ3v) is 4.57. The minimum atomic E-state index is -0.568. The first kappa shape index (κ1) is 14.4. The molecule has 0 aliphatic heterocycles. The Kier molecular flexibility index (Phi) is 4.85. The zero-order valence-electron chi connectivity index (χ0n) is 10.0. The molecule has 0 spiro atoms. The molecule has 0 bridgehead atoms. The van der Waals surface area contributed by atoms with Crippen molar-refractivity contribution in [3.05, 3.63) is 50.1 Å². The standard InChI is InChI=1S/C13H11BrClNO2S/c1-18-13(17)12(11-6-8(14)7-19-11)16-10-5-3-2-4-9(10)15/h2-7,12,16H,1H3. The second-order valence-electron chi connectivity index (χ2n) is 3.75. The van der Waals surface area contributed by atoms with E-state index in [2.05, 4.69) is 21.2 Å². The Morgan fingerprint density at radius 2 is 2.21 bits per heavy atom. The van der Waals surface area contributed by atoms with Crippen LogP contribution in [0.3, 0.4) is 0 Å². The fraction of sp³-hybridized carbons (Fsp3) is 0.154. The van der Waals surface area contributed by atoms with Crippen LogP contribution in [0.4, 0.5) is 5.69 Å². The maximum absolute atomic E-state index is 11.9. The number of nitrogens with one attached hydrogen (secondary N) is 1. The maximum atomic E-state index is 11.9. The summed E-state index contributed by atoms with van der Waals surface area (Å²) in [5, 5.41) is 5.59. The Balaban J connectivity index is 2.29. The Bertz CT molecular complexity index is 588. The maximum Gasteiger partial charge on any atom is 0.333 e. The van der Waals surface area contributed by atoms with Crippen molar-refractivity contribution in [2.24, 2.45) is 0 Å². The molecule has 6 heteroatoms. The zero-order valence-corrected chi connectivity index (χ0v) is 13.2. The Hall–Kier alpha value is -1.04. The van der Waals surface area contributed by atoms with E-state index in [-0.39, 0.29) is 5.97 Å². The average molecular weight is 361 g/mol. The van der Waals surface area contributed by atoms with Crippen LogP contribution < -0.4 is 5.32 Å². The molecule has 1 N–H and O–H groups in total. The quantitative estimate of drug-likeness (QED) is 0.816. The van der Waals surface area contributed by atoms with Gasteiger partial charge in [0.2, 0.25) is 0 Å². The van der Waals surface area contributed by atoms with Crippen LogP contribution in [0.15, 0.2) is 40.2 Å². The molecule has 2 aromatic rings. The summed E-state index contributed by atoms with van der Waals surface area (Å²) in [7, 11) is 1.37. The number of halogens is 2. The minimum absolute atomic E-state index is 0.353. The topological polar surface area (TPSA) is 38.3 Å². The van der Waals surface area contributed by atoms with Crippen LogP contribution in [-0.2, 0) is 9.53 Å². The first-order valence-corrected chi connectivity index (χ1v) is 7.49. The highest BCUT2D eigenvalue weighted by Gasteiger charge is 2.23. The van der Waals surface area contributed by atoms with E-state index in [1.165, 1.54) is 18.4 Å². The van der Waals surface area contributed by atoms with Crippen LogP contribution in [-0.4, -0.2) is 13.1 Å². The molecule has 1 atom stereocenters. The predicted octanol–water partition coefficient (Wildman–Crippen LogP) is 4.49. The lowest BCUT2D eigenvalue weighted by atomic mass is 10.2. The van der Waals surface area contributed by atoms with Gasteiger partial charge in [0.15, 0.2) is 6.04 Å². The fourth-order valence-electron chi connectivity index (χ4n) is 1.58. The molecule has 3 nitrogen and oxygen atoms in total. The summed E-state index contributed by atoms with van der Waals surface area (Å²) in [6, 6.07) is 8.59. The summed E-state index contributed by atoms with van der Waals surface area (Å²) in [6.45, 7) is 0. The van der Waals surface area contributed by atoms with Crippen LogP contribution in [0, 0.1) is 0 Å². The van der Waals surface area contributed by atoms with Gasteiger partial charge in [-0.25, -0.2) is 4.79 Å². The number of hydrogen-bond donors (Lipinski definition) is 1. The second-order valence-corrected chi connectivity index (χ2v) is 6.01. The average Bonchev–Trinajstić information content (AvgIpc) is 2.83. The van der Waals surface area contributed by atoms with Crippen molar-refractivity contribution < 1.29 is 9.53 Å². The highest BCUT2D eigenvalue weighted by Crippen LogP contribution is 2.31. The number of methoxy groups -OCH3 is 1. The third-order valence-electron chi connectivity index (χ3n) is 2.48. The number of anilines is 1. The fourth-order valence-corrected chi connectivity index (χ4v) is 3.25. The SMILES string of the molecule is COC(=O)C(Nc1ccccc1Cl)c1cc(Br)cs1. The van der Waals surface area contributed by atoms with Gasteiger partial charge in [-0.3, -0.25) is 0 Å². The number of esters is 1. The summed E-state index contributed by atoms with van der Waals surface area (Å²) in [6.07, 6.45) is 0. The Morgan fingerprint density at radius 1 is 1.47 bits per heavy atom. The molecule has 2 rings (SSSR count). The molecule has 19 heavy (non-hydrogen) atoms. The summed E-state index contributed by atoms with van der Waals surface area (Å²) >= 11 is 10.9. The Morgan fingerprint density at radius 3 is 2.79 bits per heavy atom. The molecular weight excluding hydrogens is 350 g/mol. The molecule has 0 saturated carbocycles. The highest BCUT2D eigenvalue weighted by atomic mass is 79.9. The number of ether oxygens (including phenoxy) is 1. The summed E-state index contributed by atoms with van der Waals surface area (Å²) in [5.41, 5.74) is 0.698. The molecule has 0 fully saturated rings. The molecule has 1 unspecified atom stereocenters. The minimum Gasteiger partial charge on any atom is -0.467 e. The van der Waals surface area contributed by atoms with E-state index in [1.54, 1.807) is 6.07 Å². The van der Waals surface area contributed by atoms with Crippen LogP contribution in [0.25, 0.3) is 0 Å². The molecule has 1 aromatic carbocycles. The van der Waals surface area contributed by atoms with Crippen molar-refractivity contribution in [3.8, 4) is 0 Å². The van der Waals surface area contributed by atoms with Gasteiger partial charge >= 0.3 is 5.97 Å². The monoisotopic (exact) mass is 359 g/mol. The molecule has 0 aliphatic carbocycles. The van der Waals surface area contributed by atoms with E-state index >= 15 is 0 Å². The van der Waals surface area contributed by atoms with Crippen LogP contribution in [0.5, 0.6) is 0 Å². The van der Waals surface area contributed by atoms with E-state index in [0.717, 1.165) is 9.35 Å². The number of carbonyl (C=O) groups excluding carboxylic acids is 1. The van der Waals surface area contributed by atoms with E-state index < -0.39 is 6.04 Å². The normalized spacial score (nSPS) is 11.9. The highest BCUT2D eigenvalue weighted by molar-refractivity contribution is 9.10. The smallest absolute Gasteiger partial charge is 0.333 e. The Labute approximate surface area is 128 Å². The van der Waals surface area contributed by atoms with E-state index in [1.807, 2.05) is 29.6 Å². The van der Waals surface area contributed by atoms with Crippen molar-refractivity contribution in [1.29, 1.82) is 0 Å². The van der Waals surface area contributed by atoms with E-state index in [9.17, 15) is 4.79 Å². The summed E-state index contributed by atoms with van der Waals surface area (Å²) in [5.74, 6) is -0.353. The van der Waals surface area contributed by atoms with Gasteiger partial charge in [0.1, 0.15) is 0 Å². The van der Waals surface area contributed by atoms with Gasteiger partial charge in [-0.1, -0.05) is 23.7 Å². The number of benzene rings is 1. The first-order valence-electron chi connectivity index (χ1n) is 5.44. The van der Waals surface area contributed by atoms with Gasteiger partial charge in [-0.2, -0.15) is 0 Å². The molecule has 0 radical (unpaired) electrons. The lowest BCUT2D eigenvalue weighted by Crippen LogP contribution is -2.21. The molecule has 1 aromatic heterocycles. The number of thiophene rings is 1. The lowest BCUT2D eigenvalue weighted by Gasteiger charge is -2.17. The number of rotatable bonds is 4. The van der Waals surface area contributed by atoms with Crippen molar-refractivity contribution >= 4 is 50.5 Å². The van der Waals surface area contributed by atoms with Crippen LogP contribution in [0.1, 0.15) is 10.9 Å². The number of para-hydroxylation sites is 1. The molecule has 0 amide bonds. The predicted molar refractivity (Wildman–Crippen MR) is 81.9 cm³/mol. The van der Waals surface area contributed by atoms with E-state index in [4.69, 9.17) is 16.3 Å². The number of hydrogen-bond acceptors (Lipinski definition) is 4. The van der Waals surface area contributed by atoms with Crippen molar-refractivity contribution in [3.63, 3.8) is 0 Å². The molecule has 1 heterocycles. The summed E-state index contributed by atoms with van der Waals surface area (Å²) < 4.78 is 5.77. The third kappa shape index (κ3) is 3.49. The van der Waals surface area contributed by atoms with Gasteiger partial charge in [-0.05, 0) is 34.1 Å². The van der Waals surface area contributed by atoms with Gasteiger partial charge in [0, 0.05) is 14.7 Å².